The molecule has 1 heterocycles. The van der Waals surface area contributed by atoms with Gasteiger partial charge in [-0.15, -0.1) is 0 Å². The number of aryl methyl sites for hydroxylation is 2. The van der Waals surface area contributed by atoms with Crippen LogP contribution in [0.1, 0.15) is 16.7 Å². The van der Waals surface area contributed by atoms with Crippen LogP contribution in [0.5, 0.6) is 0 Å². The third-order valence-electron chi connectivity index (χ3n) is 5.34. The Kier molecular flexibility index (Phi) is 5.84. The minimum Gasteiger partial charge on any atom is -0.337 e. The summed E-state index contributed by atoms with van der Waals surface area (Å²) in [5, 5.41) is 3.46. The predicted octanol–water partition coefficient (Wildman–Crippen LogP) is 5.01. The molecule has 3 aromatic carbocycles. The zero-order chi connectivity index (χ0) is 22.9. The Bertz CT molecular complexity index is 1410. The minimum absolute atomic E-state index is 0.0278. The summed E-state index contributed by atoms with van der Waals surface area (Å²) >= 11 is 0. The Morgan fingerprint density at radius 1 is 1.00 bits per heavy atom. The summed E-state index contributed by atoms with van der Waals surface area (Å²) in [6.07, 6.45) is 1.51. The Labute approximate surface area is 186 Å². The molecule has 0 atom stereocenters. The van der Waals surface area contributed by atoms with E-state index in [4.69, 9.17) is 0 Å². The van der Waals surface area contributed by atoms with Crippen LogP contribution in [0.25, 0.3) is 10.9 Å². The summed E-state index contributed by atoms with van der Waals surface area (Å²) in [6, 6.07) is 18.3. The van der Waals surface area contributed by atoms with E-state index in [2.05, 4.69) is 5.32 Å². The molecule has 0 aliphatic heterocycles. The number of halogens is 1. The summed E-state index contributed by atoms with van der Waals surface area (Å²) in [5.41, 5.74) is 3.86. The van der Waals surface area contributed by atoms with E-state index >= 15 is 0 Å². The van der Waals surface area contributed by atoms with E-state index in [-0.39, 0.29) is 23.1 Å². The molecule has 1 N–H and O–H groups in total. The fourth-order valence-electron chi connectivity index (χ4n) is 3.68. The molecule has 0 saturated carbocycles. The number of anilines is 1. The van der Waals surface area contributed by atoms with Gasteiger partial charge in [-0.1, -0.05) is 42.5 Å². The lowest BCUT2D eigenvalue weighted by molar-refractivity contribution is -0.116. The molecule has 1 amide bonds. The normalized spacial score (nSPS) is 11.6. The standard InChI is InChI=1S/C25H23FN2O3S/c1-17-7-8-18(2)22(13-17)27-25(29)15-28-14-24(21-5-3-4-6-23(21)28)32(30,31)16-19-9-11-20(26)12-10-19/h3-14H,15-16H2,1-2H3,(H,27,29). The van der Waals surface area contributed by atoms with Gasteiger partial charge in [-0.3, -0.25) is 4.79 Å². The third-order valence-corrected chi connectivity index (χ3v) is 7.05. The van der Waals surface area contributed by atoms with Crippen molar-refractivity contribution in [1.82, 2.24) is 4.57 Å². The van der Waals surface area contributed by atoms with E-state index in [9.17, 15) is 17.6 Å². The molecule has 4 aromatic rings. The number of nitrogens with zero attached hydrogens (tertiary/aromatic N) is 1. The van der Waals surface area contributed by atoms with Crippen molar-refractivity contribution in [2.75, 3.05) is 5.32 Å². The highest BCUT2D eigenvalue weighted by Gasteiger charge is 2.22. The quantitative estimate of drug-likeness (QED) is 0.449. The monoisotopic (exact) mass is 450 g/mol. The highest BCUT2D eigenvalue weighted by Crippen LogP contribution is 2.28. The maximum absolute atomic E-state index is 13.2. The molecule has 0 aliphatic carbocycles. The van der Waals surface area contributed by atoms with Gasteiger partial charge >= 0.3 is 0 Å². The molecule has 1 aromatic heterocycles. The summed E-state index contributed by atoms with van der Waals surface area (Å²) < 4.78 is 41.2. The van der Waals surface area contributed by atoms with Crippen LogP contribution in [0, 0.1) is 19.7 Å². The number of fused-ring (bicyclic) bond motifs is 1. The van der Waals surface area contributed by atoms with E-state index in [1.807, 2.05) is 32.0 Å². The highest BCUT2D eigenvalue weighted by atomic mass is 32.2. The van der Waals surface area contributed by atoms with Gasteiger partial charge in [0.15, 0.2) is 9.84 Å². The van der Waals surface area contributed by atoms with Crippen LogP contribution in [-0.4, -0.2) is 18.9 Å². The van der Waals surface area contributed by atoms with Gasteiger partial charge in [0.1, 0.15) is 12.4 Å². The van der Waals surface area contributed by atoms with E-state index in [1.165, 1.54) is 30.5 Å². The van der Waals surface area contributed by atoms with E-state index in [0.29, 0.717) is 16.5 Å². The van der Waals surface area contributed by atoms with Crippen molar-refractivity contribution < 1.29 is 17.6 Å². The molecule has 32 heavy (non-hydrogen) atoms. The summed E-state index contributed by atoms with van der Waals surface area (Å²) in [5.74, 6) is -0.921. The van der Waals surface area contributed by atoms with Crippen molar-refractivity contribution in [3.8, 4) is 0 Å². The number of benzene rings is 3. The van der Waals surface area contributed by atoms with E-state index in [0.717, 1.165) is 16.8 Å². The fourth-order valence-corrected chi connectivity index (χ4v) is 5.27. The van der Waals surface area contributed by atoms with Crippen LogP contribution >= 0.6 is 0 Å². The fraction of sp³-hybridized carbons (Fsp3) is 0.160. The molecule has 0 fully saturated rings. The first-order valence-corrected chi connectivity index (χ1v) is 11.8. The maximum Gasteiger partial charge on any atom is 0.244 e. The Hall–Kier alpha value is -3.45. The van der Waals surface area contributed by atoms with Crippen LogP contribution in [0.2, 0.25) is 0 Å². The second-order valence-corrected chi connectivity index (χ2v) is 9.85. The zero-order valence-corrected chi connectivity index (χ0v) is 18.6. The number of sulfone groups is 1. The van der Waals surface area contributed by atoms with Crippen LogP contribution in [-0.2, 0) is 26.9 Å². The van der Waals surface area contributed by atoms with Crippen molar-refractivity contribution in [2.45, 2.75) is 31.0 Å². The number of rotatable bonds is 6. The second-order valence-electron chi connectivity index (χ2n) is 7.89. The molecule has 0 radical (unpaired) electrons. The van der Waals surface area contributed by atoms with Gasteiger partial charge < -0.3 is 9.88 Å². The number of amides is 1. The number of hydrogen-bond donors (Lipinski definition) is 1. The first-order valence-electron chi connectivity index (χ1n) is 10.1. The van der Waals surface area contributed by atoms with Crippen LogP contribution in [0.3, 0.4) is 0 Å². The molecule has 0 spiro atoms. The summed E-state index contributed by atoms with van der Waals surface area (Å²) in [4.78, 5) is 12.9. The topological polar surface area (TPSA) is 68.2 Å². The minimum atomic E-state index is -3.71. The molecular formula is C25H23FN2O3S. The van der Waals surface area contributed by atoms with Gasteiger partial charge in [0.25, 0.3) is 0 Å². The Morgan fingerprint density at radius 2 is 1.72 bits per heavy atom. The largest absolute Gasteiger partial charge is 0.337 e. The number of hydrogen-bond acceptors (Lipinski definition) is 3. The Balaban J connectivity index is 1.64. The average molecular weight is 451 g/mol. The van der Waals surface area contributed by atoms with E-state index in [1.54, 1.807) is 28.8 Å². The van der Waals surface area contributed by atoms with Crippen molar-refractivity contribution in [2.24, 2.45) is 0 Å². The molecule has 0 unspecified atom stereocenters. The van der Waals surface area contributed by atoms with Crippen molar-refractivity contribution >= 4 is 32.3 Å². The zero-order valence-electron chi connectivity index (χ0n) is 17.8. The van der Waals surface area contributed by atoms with Gasteiger partial charge in [-0.25, -0.2) is 12.8 Å². The smallest absolute Gasteiger partial charge is 0.244 e. The number of aromatic nitrogens is 1. The molecule has 5 nitrogen and oxygen atoms in total. The molecule has 0 saturated heterocycles. The molecule has 0 aliphatic rings. The third kappa shape index (κ3) is 4.57. The number of nitrogens with one attached hydrogen (secondary N) is 1. The van der Waals surface area contributed by atoms with Gasteiger partial charge in [-0.2, -0.15) is 0 Å². The predicted molar refractivity (Wildman–Crippen MR) is 124 cm³/mol. The second kappa shape index (κ2) is 8.59. The van der Waals surface area contributed by atoms with Gasteiger partial charge in [0.2, 0.25) is 5.91 Å². The van der Waals surface area contributed by atoms with Crippen molar-refractivity contribution in [3.05, 3.63) is 95.4 Å². The molecule has 0 bridgehead atoms. The number of para-hydroxylation sites is 1. The molecule has 4 rings (SSSR count). The average Bonchev–Trinajstić information content (AvgIpc) is 3.12. The van der Waals surface area contributed by atoms with E-state index < -0.39 is 15.7 Å². The highest BCUT2D eigenvalue weighted by molar-refractivity contribution is 7.90. The van der Waals surface area contributed by atoms with Crippen LogP contribution < -0.4 is 5.32 Å². The molecular weight excluding hydrogens is 427 g/mol. The number of carbonyl (C=O) groups is 1. The molecule has 164 valence electrons. The molecule has 7 heteroatoms. The SMILES string of the molecule is Cc1ccc(C)c(NC(=O)Cn2cc(S(=O)(=O)Cc3ccc(F)cc3)c3ccccc32)c1. The van der Waals surface area contributed by atoms with Gasteiger partial charge in [-0.05, 0) is 54.8 Å². The maximum atomic E-state index is 13.2. The number of carbonyl (C=O) groups excluding carboxylic acids is 1. The van der Waals surface area contributed by atoms with Crippen LogP contribution in [0.15, 0.2) is 77.8 Å². The van der Waals surface area contributed by atoms with Crippen LogP contribution in [0.4, 0.5) is 10.1 Å². The Morgan fingerprint density at radius 3 is 2.47 bits per heavy atom. The first kappa shape index (κ1) is 21.8. The summed E-state index contributed by atoms with van der Waals surface area (Å²) in [6.45, 7) is 3.84. The first-order chi connectivity index (χ1) is 15.2. The lowest BCUT2D eigenvalue weighted by atomic mass is 10.1. The lowest BCUT2D eigenvalue weighted by Crippen LogP contribution is -2.19. The van der Waals surface area contributed by atoms with Gasteiger partial charge in [0, 0.05) is 22.8 Å². The van der Waals surface area contributed by atoms with Crippen molar-refractivity contribution in [3.63, 3.8) is 0 Å². The summed E-state index contributed by atoms with van der Waals surface area (Å²) in [7, 11) is -3.71. The lowest BCUT2D eigenvalue weighted by Gasteiger charge is -2.10. The van der Waals surface area contributed by atoms with Gasteiger partial charge in [0.05, 0.1) is 10.6 Å². The van der Waals surface area contributed by atoms with Crippen molar-refractivity contribution in [1.29, 1.82) is 0 Å².